The molecule has 0 saturated heterocycles. The van der Waals surface area contributed by atoms with Gasteiger partial charge in [-0.2, -0.15) is 4.89 Å². The smallest absolute Gasteiger partial charge is 0.439 e. The lowest BCUT2D eigenvalue weighted by atomic mass is 10.1. The zero-order valence-corrected chi connectivity index (χ0v) is 26.0. The Kier molecular flexibility index (Phi) is 16.1. The van der Waals surface area contributed by atoms with E-state index < -0.39 is 61.4 Å². The van der Waals surface area contributed by atoms with Crippen LogP contribution in [0, 0.1) is 0 Å². The third-order valence-corrected chi connectivity index (χ3v) is 6.23. The van der Waals surface area contributed by atoms with Crippen molar-refractivity contribution in [3.63, 3.8) is 0 Å². The van der Waals surface area contributed by atoms with Gasteiger partial charge in [-0.05, 0) is 16.7 Å². The van der Waals surface area contributed by atoms with Crippen LogP contribution in [0.25, 0.3) is 0 Å². The number of esters is 1. The lowest BCUT2D eigenvalue weighted by Crippen LogP contribution is -2.52. The normalized spacial score (nSPS) is 10.9. The molecular weight excluding hydrogens is 626 g/mol. The van der Waals surface area contributed by atoms with Crippen molar-refractivity contribution in [1.82, 2.24) is 26.6 Å². The quantitative estimate of drug-likeness (QED) is 0.0399. The topological polar surface area (TPSA) is 199 Å². The Morgan fingerprint density at radius 2 is 1.12 bits per heavy atom. The number of benzene rings is 3. The minimum absolute atomic E-state index is 0.0192. The van der Waals surface area contributed by atoms with Gasteiger partial charge in [0.1, 0.15) is 39.1 Å². The van der Waals surface area contributed by atoms with Gasteiger partial charge >= 0.3 is 12.1 Å². The molecule has 5 N–H and O–H groups in total. The first-order valence-electron chi connectivity index (χ1n) is 14.8. The van der Waals surface area contributed by atoms with Crippen molar-refractivity contribution in [3.8, 4) is 0 Å². The molecule has 0 aliphatic rings. The van der Waals surface area contributed by atoms with Gasteiger partial charge in [-0.25, -0.2) is 9.59 Å². The standard InChI is InChI=1S/C33H37N5O10/c39-28(18-36-33(44)48-47-21-26-14-8-3-9-15-26)34-19-30(41)38-27(16-24-10-4-1-5-11-24)32(43)35-17-29(40)37-23-45-22-31(42)46-20-25-12-6-2-7-13-25/h1-15,27H,16-23H2,(H,34,39)(H,35,43)(H,36,44)(H,37,40)(H,38,41)/t27-/m0/s1. The molecule has 1 atom stereocenters. The van der Waals surface area contributed by atoms with Crippen LogP contribution in [0.1, 0.15) is 16.7 Å². The molecule has 15 nitrogen and oxygen atoms in total. The summed E-state index contributed by atoms with van der Waals surface area (Å²) in [6.45, 7) is -2.00. The van der Waals surface area contributed by atoms with E-state index in [1.165, 1.54) is 0 Å². The summed E-state index contributed by atoms with van der Waals surface area (Å²) in [6.07, 6.45) is -0.902. The summed E-state index contributed by atoms with van der Waals surface area (Å²) in [5.74, 6) is -3.25. The molecule has 0 aliphatic carbocycles. The van der Waals surface area contributed by atoms with Gasteiger partial charge in [0.2, 0.25) is 23.6 Å². The van der Waals surface area contributed by atoms with E-state index in [-0.39, 0.29) is 33.0 Å². The number of carbonyl (C=O) groups is 6. The maximum Gasteiger partial charge on any atom is 0.439 e. The minimum Gasteiger partial charge on any atom is -0.459 e. The van der Waals surface area contributed by atoms with E-state index in [4.69, 9.17) is 14.4 Å². The average molecular weight is 664 g/mol. The molecule has 0 heterocycles. The van der Waals surface area contributed by atoms with Gasteiger partial charge in [0.05, 0.1) is 13.1 Å². The molecule has 0 fully saturated rings. The molecule has 3 rings (SSSR count). The van der Waals surface area contributed by atoms with Crippen molar-refractivity contribution in [2.75, 3.05) is 33.0 Å². The SMILES string of the molecule is O=C(CNC(=O)OOCc1ccccc1)NCC(=O)N[C@@H](Cc1ccccc1)C(=O)NCC(=O)NCOCC(=O)OCc1ccccc1. The van der Waals surface area contributed by atoms with Gasteiger partial charge in [-0.15, -0.1) is 0 Å². The van der Waals surface area contributed by atoms with Crippen molar-refractivity contribution in [3.05, 3.63) is 108 Å². The monoisotopic (exact) mass is 663 g/mol. The van der Waals surface area contributed by atoms with Gasteiger partial charge in [0, 0.05) is 6.42 Å². The molecule has 48 heavy (non-hydrogen) atoms. The highest BCUT2D eigenvalue weighted by molar-refractivity contribution is 5.92. The molecule has 0 radical (unpaired) electrons. The fourth-order valence-corrected chi connectivity index (χ4v) is 3.85. The number of carbonyl (C=O) groups excluding carboxylic acids is 6. The van der Waals surface area contributed by atoms with Crippen molar-refractivity contribution in [1.29, 1.82) is 0 Å². The summed E-state index contributed by atoms with van der Waals surface area (Å²) in [4.78, 5) is 82.8. The number of nitrogens with one attached hydrogen (secondary N) is 5. The largest absolute Gasteiger partial charge is 0.459 e. The van der Waals surface area contributed by atoms with Crippen molar-refractivity contribution >= 4 is 35.7 Å². The van der Waals surface area contributed by atoms with E-state index in [2.05, 4.69) is 31.5 Å². The third kappa shape index (κ3) is 15.5. The van der Waals surface area contributed by atoms with Crippen LogP contribution in [0.3, 0.4) is 0 Å². The van der Waals surface area contributed by atoms with Gasteiger partial charge in [-0.3, -0.25) is 24.1 Å². The highest BCUT2D eigenvalue weighted by Gasteiger charge is 2.22. The van der Waals surface area contributed by atoms with Crippen LogP contribution in [0.15, 0.2) is 91.0 Å². The Bertz CT molecular complexity index is 1480. The summed E-state index contributed by atoms with van der Waals surface area (Å²) in [5.41, 5.74) is 2.33. The van der Waals surface area contributed by atoms with Crippen LogP contribution in [0.5, 0.6) is 0 Å². The van der Waals surface area contributed by atoms with Gasteiger partial charge < -0.3 is 36.1 Å². The first kappa shape index (κ1) is 36.7. The second-order valence-corrected chi connectivity index (χ2v) is 10.0. The molecule has 0 aliphatic heterocycles. The van der Waals surface area contributed by atoms with E-state index >= 15 is 0 Å². The molecule has 254 valence electrons. The maximum atomic E-state index is 12.9. The number of ether oxygens (including phenoxy) is 2. The van der Waals surface area contributed by atoms with Crippen LogP contribution in [0.4, 0.5) is 4.79 Å². The minimum atomic E-state index is -1.09. The summed E-state index contributed by atoms with van der Waals surface area (Å²) in [7, 11) is 0. The third-order valence-electron chi connectivity index (χ3n) is 6.23. The number of hydrogen-bond donors (Lipinski definition) is 5. The summed E-state index contributed by atoms with van der Waals surface area (Å²) in [6, 6.07) is 25.8. The summed E-state index contributed by atoms with van der Waals surface area (Å²) >= 11 is 0. The zero-order valence-electron chi connectivity index (χ0n) is 26.0. The van der Waals surface area contributed by atoms with Gasteiger partial charge in [-0.1, -0.05) is 91.0 Å². The highest BCUT2D eigenvalue weighted by atomic mass is 17.2. The Morgan fingerprint density at radius 1 is 0.583 bits per heavy atom. The molecule has 0 saturated carbocycles. The summed E-state index contributed by atoms with van der Waals surface area (Å²) < 4.78 is 10.2. The molecule has 5 amide bonds. The van der Waals surface area contributed by atoms with Crippen LogP contribution in [-0.4, -0.2) is 74.7 Å². The first-order chi connectivity index (χ1) is 23.3. The van der Waals surface area contributed by atoms with Crippen molar-refractivity contribution in [2.24, 2.45) is 0 Å². The van der Waals surface area contributed by atoms with E-state index in [1.54, 1.807) is 54.6 Å². The molecule has 3 aromatic rings. The van der Waals surface area contributed by atoms with Crippen molar-refractivity contribution < 1.29 is 48.0 Å². The highest BCUT2D eigenvalue weighted by Crippen LogP contribution is 2.04. The molecule has 0 unspecified atom stereocenters. The fourth-order valence-electron chi connectivity index (χ4n) is 3.85. The second-order valence-electron chi connectivity index (χ2n) is 10.0. The predicted octanol–water partition coefficient (Wildman–Crippen LogP) is 0.638. The predicted molar refractivity (Wildman–Crippen MR) is 169 cm³/mol. The van der Waals surface area contributed by atoms with E-state index in [1.807, 2.05) is 36.4 Å². The molecule has 3 aromatic carbocycles. The van der Waals surface area contributed by atoms with Crippen molar-refractivity contribution in [2.45, 2.75) is 25.7 Å². The first-order valence-corrected chi connectivity index (χ1v) is 14.8. The summed E-state index contributed by atoms with van der Waals surface area (Å²) in [5, 5.41) is 11.9. The Labute approximate surface area is 276 Å². The molecule has 0 spiro atoms. The van der Waals surface area contributed by atoms with E-state index in [0.717, 1.165) is 16.7 Å². The maximum absolute atomic E-state index is 12.9. The Morgan fingerprint density at radius 3 is 1.77 bits per heavy atom. The zero-order chi connectivity index (χ0) is 34.4. The number of rotatable bonds is 19. The van der Waals surface area contributed by atoms with Crippen LogP contribution >= 0.6 is 0 Å². The number of amides is 5. The van der Waals surface area contributed by atoms with Gasteiger partial charge in [0.15, 0.2) is 0 Å². The lowest BCUT2D eigenvalue weighted by Gasteiger charge is -2.19. The molecule has 0 bridgehead atoms. The Hall–Kier alpha value is -5.80. The Balaban J connectivity index is 1.34. The van der Waals surface area contributed by atoms with E-state index in [9.17, 15) is 28.8 Å². The van der Waals surface area contributed by atoms with Crippen LogP contribution in [0.2, 0.25) is 0 Å². The molecule has 15 heteroatoms. The van der Waals surface area contributed by atoms with E-state index in [0.29, 0.717) is 0 Å². The second kappa shape index (κ2) is 21.1. The number of hydrogen-bond acceptors (Lipinski definition) is 10. The van der Waals surface area contributed by atoms with Crippen LogP contribution in [-0.2, 0) is 62.9 Å². The lowest BCUT2D eigenvalue weighted by molar-refractivity contribution is -0.248. The van der Waals surface area contributed by atoms with Gasteiger partial charge in [0.25, 0.3) is 0 Å². The van der Waals surface area contributed by atoms with Crippen LogP contribution < -0.4 is 26.6 Å². The average Bonchev–Trinajstić information content (AvgIpc) is 3.10. The molecular formula is C33H37N5O10. The molecule has 0 aromatic heterocycles. The fraction of sp³-hybridized carbons (Fsp3) is 0.273.